The van der Waals surface area contributed by atoms with Crippen molar-refractivity contribution < 1.29 is 5.11 Å². The predicted molar refractivity (Wildman–Crippen MR) is 60.3 cm³/mol. The van der Waals surface area contributed by atoms with Crippen molar-refractivity contribution in [2.75, 3.05) is 13.1 Å². The highest BCUT2D eigenvalue weighted by molar-refractivity contribution is 4.87. The summed E-state index contributed by atoms with van der Waals surface area (Å²) >= 11 is 0. The van der Waals surface area contributed by atoms with Gasteiger partial charge < -0.3 is 5.11 Å². The molecule has 1 unspecified atom stereocenters. The Morgan fingerprint density at radius 2 is 2.13 bits per heavy atom. The van der Waals surface area contributed by atoms with Gasteiger partial charge in [-0.05, 0) is 26.3 Å². The third-order valence-corrected chi connectivity index (χ3v) is 3.30. The lowest BCUT2D eigenvalue weighted by Gasteiger charge is -2.37. The van der Waals surface area contributed by atoms with Gasteiger partial charge in [0.25, 0.3) is 0 Å². The van der Waals surface area contributed by atoms with Gasteiger partial charge in [0.05, 0.1) is 18.1 Å². The van der Waals surface area contributed by atoms with Gasteiger partial charge in [-0.25, -0.2) is 0 Å². The van der Waals surface area contributed by atoms with Crippen LogP contribution in [0.15, 0.2) is 0 Å². The molecule has 0 radical (unpaired) electrons. The van der Waals surface area contributed by atoms with E-state index >= 15 is 0 Å². The highest BCUT2D eigenvalue weighted by Crippen LogP contribution is 2.23. The van der Waals surface area contributed by atoms with Crippen LogP contribution in [0.3, 0.4) is 0 Å². The normalized spacial score (nSPS) is 28.7. The molecule has 15 heavy (non-hydrogen) atoms. The van der Waals surface area contributed by atoms with Crippen molar-refractivity contribution in [2.45, 2.75) is 51.7 Å². The van der Waals surface area contributed by atoms with E-state index in [9.17, 15) is 5.11 Å². The fraction of sp³-hybridized carbons (Fsp3) is 0.917. The van der Waals surface area contributed by atoms with E-state index in [-0.39, 0.29) is 18.1 Å². The monoisotopic (exact) mass is 210 g/mol. The van der Waals surface area contributed by atoms with Gasteiger partial charge in [-0.15, -0.1) is 0 Å². The molecule has 0 amide bonds. The summed E-state index contributed by atoms with van der Waals surface area (Å²) in [7, 11) is 0. The Morgan fingerprint density at radius 3 is 2.67 bits per heavy atom. The number of aliphatic hydroxyl groups is 1. The summed E-state index contributed by atoms with van der Waals surface area (Å²) < 4.78 is 0. The molecule has 1 saturated carbocycles. The zero-order valence-corrected chi connectivity index (χ0v) is 9.82. The first-order chi connectivity index (χ1) is 7.19. The number of aliphatic hydroxyl groups excluding tert-OH is 1. The van der Waals surface area contributed by atoms with Crippen LogP contribution < -0.4 is 0 Å². The first kappa shape index (κ1) is 12.5. The van der Waals surface area contributed by atoms with Crippen molar-refractivity contribution in [3.63, 3.8) is 0 Å². The van der Waals surface area contributed by atoms with Gasteiger partial charge >= 0.3 is 0 Å². The third kappa shape index (κ3) is 3.48. The first-order valence-electron chi connectivity index (χ1n) is 6.00. The molecule has 0 aromatic heterocycles. The summed E-state index contributed by atoms with van der Waals surface area (Å²) in [6, 6.07) is 2.54. The average molecular weight is 210 g/mol. The molecule has 86 valence electrons. The van der Waals surface area contributed by atoms with E-state index < -0.39 is 0 Å². The molecule has 0 heterocycles. The maximum absolute atomic E-state index is 9.93. The Kier molecular flexibility index (Phi) is 5.07. The maximum Gasteiger partial charge on any atom is 0.0695 e. The number of nitrogens with zero attached hydrogens (tertiary/aromatic N) is 2. The van der Waals surface area contributed by atoms with E-state index in [2.05, 4.69) is 17.9 Å². The van der Waals surface area contributed by atoms with Crippen LogP contribution in [0, 0.1) is 17.2 Å². The molecule has 1 fully saturated rings. The number of likely N-dealkylation sites (N-methyl/N-ethyl adjacent to an activating group) is 1. The number of hydrogen-bond acceptors (Lipinski definition) is 3. The Balaban J connectivity index is 2.52. The molecule has 1 aliphatic rings. The second kappa shape index (κ2) is 6.09. The summed E-state index contributed by atoms with van der Waals surface area (Å²) in [5, 5.41) is 18.7. The quantitative estimate of drug-likeness (QED) is 0.769. The molecule has 3 atom stereocenters. The topological polar surface area (TPSA) is 47.3 Å². The van der Waals surface area contributed by atoms with E-state index in [0.717, 1.165) is 32.4 Å². The van der Waals surface area contributed by atoms with Crippen LogP contribution >= 0.6 is 0 Å². The second-order valence-corrected chi connectivity index (χ2v) is 4.54. The van der Waals surface area contributed by atoms with Gasteiger partial charge in [0.2, 0.25) is 0 Å². The molecule has 0 aromatic rings. The SMILES string of the molecule is CCN(CC(C)C#N)[C@H]1CCCC[C@@H]1O. The summed E-state index contributed by atoms with van der Waals surface area (Å²) in [5.74, 6) is 0.0547. The van der Waals surface area contributed by atoms with E-state index in [1.165, 1.54) is 6.42 Å². The molecule has 0 saturated heterocycles. The fourth-order valence-corrected chi connectivity index (χ4v) is 2.41. The minimum absolute atomic E-state index is 0.0547. The molecular formula is C12H22N2O. The van der Waals surface area contributed by atoms with Gasteiger partial charge in [0, 0.05) is 12.6 Å². The molecule has 0 aliphatic heterocycles. The van der Waals surface area contributed by atoms with Crippen molar-refractivity contribution >= 4 is 0 Å². The molecule has 1 rings (SSSR count). The second-order valence-electron chi connectivity index (χ2n) is 4.54. The van der Waals surface area contributed by atoms with E-state index in [1.54, 1.807) is 0 Å². The minimum atomic E-state index is -0.190. The lowest BCUT2D eigenvalue weighted by atomic mass is 9.91. The highest BCUT2D eigenvalue weighted by Gasteiger charge is 2.28. The lowest BCUT2D eigenvalue weighted by molar-refractivity contribution is 0.0189. The molecule has 3 heteroatoms. The standard InChI is InChI=1S/C12H22N2O/c1-3-14(9-10(2)8-13)11-6-4-5-7-12(11)15/h10-12,15H,3-7,9H2,1-2H3/t10?,11-,12-/m0/s1. The van der Waals surface area contributed by atoms with Crippen molar-refractivity contribution in [3.8, 4) is 6.07 Å². The zero-order chi connectivity index (χ0) is 11.3. The Hall–Kier alpha value is -0.590. The number of hydrogen-bond donors (Lipinski definition) is 1. The molecule has 1 aliphatic carbocycles. The van der Waals surface area contributed by atoms with Crippen LogP contribution in [-0.2, 0) is 0 Å². The van der Waals surface area contributed by atoms with Gasteiger partial charge in [0.15, 0.2) is 0 Å². The molecule has 0 bridgehead atoms. The molecular weight excluding hydrogens is 188 g/mol. The van der Waals surface area contributed by atoms with Crippen LogP contribution in [-0.4, -0.2) is 35.2 Å². The summed E-state index contributed by atoms with van der Waals surface area (Å²) in [4.78, 5) is 2.26. The van der Waals surface area contributed by atoms with E-state index in [4.69, 9.17) is 5.26 Å². The van der Waals surface area contributed by atoms with Gasteiger partial charge in [-0.2, -0.15) is 5.26 Å². The van der Waals surface area contributed by atoms with Crippen molar-refractivity contribution in [1.82, 2.24) is 4.90 Å². The molecule has 0 aromatic carbocycles. The fourth-order valence-electron chi connectivity index (χ4n) is 2.41. The summed E-state index contributed by atoms with van der Waals surface area (Å²) in [5.41, 5.74) is 0. The van der Waals surface area contributed by atoms with Crippen molar-refractivity contribution in [3.05, 3.63) is 0 Å². The van der Waals surface area contributed by atoms with E-state index in [0.29, 0.717) is 0 Å². The highest BCUT2D eigenvalue weighted by atomic mass is 16.3. The Labute approximate surface area is 92.7 Å². The molecule has 1 N–H and O–H groups in total. The lowest BCUT2D eigenvalue weighted by Crippen LogP contribution is -2.46. The van der Waals surface area contributed by atoms with E-state index in [1.807, 2.05) is 6.92 Å². The Bertz CT molecular complexity index is 224. The van der Waals surface area contributed by atoms with Crippen LogP contribution in [0.1, 0.15) is 39.5 Å². The molecule has 0 spiro atoms. The summed E-state index contributed by atoms with van der Waals surface area (Å²) in [6.07, 6.45) is 4.15. The predicted octanol–water partition coefficient (Wildman–Crippen LogP) is 1.77. The first-order valence-corrected chi connectivity index (χ1v) is 6.00. The van der Waals surface area contributed by atoms with Gasteiger partial charge in [-0.3, -0.25) is 4.90 Å². The largest absolute Gasteiger partial charge is 0.391 e. The average Bonchev–Trinajstić information content (AvgIpc) is 2.26. The van der Waals surface area contributed by atoms with Gasteiger partial charge in [0.1, 0.15) is 0 Å². The van der Waals surface area contributed by atoms with Crippen molar-refractivity contribution in [1.29, 1.82) is 5.26 Å². The summed E-state index contributed by atoms with van der Waals surface area (Å²) in [6.45, 7) is 5.76. The van der Waals surface area contributed by atoms with Crippen LogP contribution in [0.25, 0.3) is 0 Å². The number of nitriles is 1. The van der Waals surface area contributed by atoms with Crippen molar-refractivity contribution in [2.24, 2.45) is 5.92 Å². The third-order valence-electron chi connectivity index (χ3n) is 3.30. The van der Waals surface area contributed by atoms with Crippen LogP contribution in [0.4, 0.5) is 0 Å². The Morgan fingerprint density at radius 1 is 1.47 bits per heavy atom. The van der Waals surface area contributed by atoms with Crippen LogP contribution in [0.5, 0.6) is 0 Å². The minimum Gasteiger partial charge on any atom is -0.391 e. The van der Waals surface area contributed by atoms with Gasteiger partial charge in [-0.1, -0.05) is 19.8 Å². The zero-order valence-electron chi connectivity index (χ0n) is 9.82. The smallest absolute Gasteiger partial charge is 0.0695 e. The number of rotatable bonds is 4. The molecule has 3 nitrogen and oxygen atoms in total. The maximum atomic E-state index is 9.93. The van der Waals surface area contributed by atoms with Crippen LogP contribution in [0.2, 0.25) is 0 Å².